The third kappa shape index (κ3) is 5.02. The fraction of sp³-hybridized carbons (Fsp3) is 0.389. The van der Waals surface area contributed by atoms with E-state index in [0.29, 0.717) is 6.54 Å². The van der Waals surface area contributed by atoms with Gasteiger partial charge in [-0.3, -0.25) is 4.90 Å². The van der Waals surface area contributed by atoms with Crippen LogP contribution in [0.15, 0.2) is 36.7 Å². The number of aliphatic carboxylic acids is 1. The molecule has 1 aliphatic heterocycles. The van der Waals surface area contributed by atoms with Crippen LogP contribution >= 0.6 is 0 Å². The van der Waals surface area contributed by atoms with Gasteiger partial charge in [0.2, 0.25) is 0 Å². The number of imidazole rings is 1. The molecule has 0 saturated carbocycles. The number of carboxylic acid groups (broad SMARTS) is 2. The molecule has 0 bridgehead atoms. The maximum Gasteiger partial charge on any atom is 0.490 e. The maximum atomic E-state index is 11.3. The van der Waals surface area contributed by atoms with Crippen LogP contribution in [0.1, 0.15) is 36.3 Å². The Morgan fingerprint density at radius 3 is 2.32 bits per heavy atom. The summed E-state index contributed by atoms with van der Waals surface area (Å²) in [6.45, 7) is 3.33. The summed E-state index contributed by atoms with van der Waals surface area (Å²) in [6, 6.07) is 10.1. The second-order valence-corrected chi connectivity index (χ2v) is 6.14. The van der Waals surface area contributed by atoms with Crippen molar-refractivity contribution in [3.05, 3.63) is 53.6 Å². The number of hydrogen-bond acceptors (Lipinski definition) is 3. The van der Waals surface area contributed by atoms with Crippen molar-refractivity contribution < 1.29 is 33.0 Å². The summed E-state index contributed by atoms with van der Waals surface area (Å²) in [5.74, 6) is -2.76. The van der Waals surface area contributed by atoms with Crippen molar-refractivity contribution >= 4 is 12.1 Å². The third-order valence-corrected chi connectivity index (χ3v) is 4.33. The molecule has 0 spiro atoms. The van der Waals surface area contributed by atoms with Crippen molar-refractivity contribution in [1.82, 2.24) is 14.5 Å². The first-order valence-electron chi connectivity index (χ1n) is 8.52. The zero-order valence-corrected chi connectivity index (χ0v) is 15.1. The van der Waals surface area contributed by atoms with Gasteiger partial charge < -0.3 is 14.8 Å². The van der Waals surface area contributed by atoms with Crippen molar-refractivity contribution in [2.75, 3.05) is 6.54 Å². The Morgan fingerprint density at radius 2 is 1.82 bits per heavy atom. The number of carboxylic acids is 1. The van der Waals surface area contributed by atoms with Crippen LogP contribution in [0.4, 0.5) is 18.0 Å². The van der Waals surface area contributed by atoms with E-state index in [9.17, 15) is 23.1 Å². The van der Waals surface area contributed by atoms with Crippen LogP contribution in [-0.2, 0) is 17.8 Å². The second kappa shape index (κ2) is 8.77. The van der Waals surface area contributed by atoms with E-state index in [4.69, 9.17) is 9.90 Å². The lowest BCUT2D eigenvalue weighted by Gasteiger charge is -2.32. The molecule has 1 atom stereocenters. The van der Waals surface area contributed by atoms with E-state index in [-0.39, 0.29) is 6.04 Å². The molecule has 1 amide bonds. The van der Waals surface area contributed by atoms with Crippen LogP contribution < -0.4 is 0 Å². The van der Waals surface area contributed by atoms with Crippen LogP contribution in [0, 0.1) is 0 Å². The second-order valence-electron chi connectivity index (χ2n) is 6.14. The van der Waals surface area contributed by atoms with Crippen LogP contribution in [0.5, 0.6) is 0 Å². The molecule has 0 saturated heterocycles. The summed E-state index contributed by atoms with van der Waals surface area (Å²) in [7, 11) is 0. The van der Waals surface area contributed by atoms with Crippen LogP contribution in [0.2, 0.25) is 0 Å². The quantitative estimate of drug-likeness (QED) is 0.823. The highest BCUT2D eigenvalue weighted by atomic mass is 19.4. The Kier molecular flexibility index (Phi) is 6.66. The summed E-state index contributed by atoms with van der Waals surface area (Å²) < 4.78 is 33.9. The maximum absolute atomic E-state index is 11.3. The number of halogens is 3. The van der Waals surface area contributed by atoms with E-state index < -0.39 is 18.2 Å². The standard InChI is InChI=1S/C16H19N3O2.C2HF3O2/c1-2-13-15-14(8-9-19(13)16(20)21)18(11-17-15)10-12-6-4-3-5-7-12;3-2(4,5)1(6)7/h3-7,11,13H,2,8-10H2,1H3,(H,20,21);(H,6,7). The SMILES string of the molecule is CCC1c2ncn(Cc3ccccc3)c2CCN1C(=O)O.O=C(O)C(F)(F)F. The molecule has 1 aromatic carbocycles. The lowest BCUT2D eigenvalue weighted by atomic mass is 10.0. The molecular weight excluding hydrogens is 379 g/mol. The van der Waals surface area contributed by atoms with Gasteiger partial charge >= 0.3 is 18.2 Å². The zero-order chi connectivity index (χ0) is 20.9. The van der Waals surface area contributed by atoms with Crippen molar-refractivity contribution in [3.63, 3.8) is 0 Å². The van der Waals surface area contributed by atoms with Gasteiger partial charge in [0.15, 0.2) is 0 Å². The topological polar surface area (TPSA) is 95.7 Å². The summed E-state index contributed by atoms with van der Waals surface area (Å²) in [5.41, 5.74) is 3.32. The zero-order valence-electron chi connectivity index (χ0n) is 15.1. The number of alkyl halides is 3. The van der Waals surface area contributed by atoms with Crippen LogP contribution in [0.25, 0.3) is 0 Å². The summed E-state index contributed by atoms with van der Waals surface area (Å²) in [5, 5.41) is 16.4. The number of fused-ring (bicyclic) bond motifs is 1. The van der Waals surface area contributed by atoms with Crippen molar-refractivity contribution in [2.45, 2.75) is 38.5 Å². The Bertz CT molecular complexity index is 821. The number of carbonyl (C=O) groups is 2. The largest absolute Gasteiger partial charge is 0.490 e. The molecule has 1 unspecified atom stereocenters. The molecule has 0 fully saturated rings. The van der Waals surface area contributed by atoms with E-state index >= 15 is 0 Å². The highest BCUT2D eigenvalue weighted by Crippen LogP contribution is 2.31. The van der Waals surface area contributed by atoms with E-state index in [2.05, 4.69) is 21.7 Å². The Morgan fingerprint density at radius 1 is 1.21 bits per heavy atom. The van der Waals surface area contributed by atoms with Gasteiger partial charge in [-0.15, -0.1) is 0 Å². The van der Waals surface area contributed by atoms with Gasteiger partial charge in [-0.1, -0.05) is 37.3 Å². The first kappa shape index (κ1) is 21.3. The Hall–Kier alpha value is -3.04. The predicted molar refractivity (Wildman–Crippen MR) is 92.9 cm³/mol. The minimum Gasteiger partial charge on any atom is -0.475 e. The average molecular weight is 399 g/mol. The minimum absolute atomic E-state index is 0.122. The molecular formula is C18H20F3N3O4. The fourth-order valence-electron chi connectivity index (χ4n) is 3.06. The predicted octanol–water partition coefficient (Wildman–Crippen LogP) is 3.55. The molecule has 1 aliphatic rings. The highest BCUT2D eigenvalue weighted by molar-refractivity contribution is 5.73. The summed E-state index contributed by atoms with van der Waals surface area (Å²) in [6.07, 6.45) is -2.62. The normalized spacial score (nSPS) is 16.0. The first-order valence-corrected chi connectivity index (χ1v) is 8.52. The van der Waals surface area contributed by atoms with Gasteiger partial charge in [-0.25, -0.2) is 14.6 Å². The van der Waals surface area contributed by atoms with Gasteiger partial charge in [-0.05, 0) is 12.0 Å². The first-order chi connectivity index (χ1) is 13.1. The highest BCUT2D eigenvalue weighted by Gasteiger charge is 2.38. The number of nitrogens with zero attached hydrogens (tertiary/aromatic N) is 3. The molecule has 7 nitrogen and oxygen atoms in total. The molecule has 28 heavy (non-hydrogen) atoms. The number of amides is 1. The molecule has 3 rings (SSSR count). The van der Waals surface area contributed by atoms with Crippen molar-refractivity contribution in [1.29, 1.82) is 0 Å². The number of rotatable bonds is 3. The van der Waals surface area contributed by atoms with E-state index in [1.807, 2.05) is 31.5 Å². The van der Waals surface area contributed by atoms with Gasteiger partial charge in [-0.2, -0.15) is 13.2 Å². The minimum atomic E-state index is -5.08. The van der Waals surface area contributed by atoms with E-state index in [1.54, 1.807) is 0 Å². The molecule has 0 radical (unpaired) electrons. The lowest BCUT2D eigenvalue weighted by Crippen LogP contribution is -2.39. The van der Waals surface area contributed by atoms with Gasteiger partial charge in [0.25, 0.3) is 0 Å². The molecule has 2 heterocycles. The summed E-state index contributed by atoms with van der Waals surface area (Å²) in [4.78, 5) is 26.2. The van der Waals surface area contributed by atoms with Gasteiger partial charge in [0.1, 0.15) is 0 Å². The molecule has 1 aromatic heterocycles. The monoisotopic (exact) mass is 399 g/mol. The van der Waals surface area contributed by atoms with E-state index in [0.717, 1.165) is 25.1 Å². The Labute approximate surface area is 159 Å². The van der Waals surface area contributed by atoms with Gasteiger partial charge in [0, 0.05) is 25.2 Å². The van der Waals surface area contributed by atoms with Crippen molar-refractivity contribution in [3.8, 4) is 0 Å². The molecule has 152 valence electrons. The van der Waals surface area contributed by atoms with Crippen LogP contribution in [-0.4, -0.2) is 49.4 Å². The molecule has 2 aromatic rings. The lowest BCUT2D eigenvalue weighted by molar-refractivity contribution is -0.192. The van der Waals surface area contributed by atoms with Gasteiger partial charge in [0.05, 0.1) is 18.1 Å². The third-order valence-electron chi connectivity index (χ3n) is 4.33. The fourth-order valence-corrected chi connectivity index (χ4v) is 3.06. The number of hydrogen-bond donors (Lipinski definition) is 2. The Balaban J connectivity index is 0.000000345. The average Bonchev–Trinajstić information content (AvgIpc) is 3.04. The number of benzene rings is 1. The van der Waals surface area contributed by atoms with Crippen molar-refractivity contribution in [2.24, 2.45) is 0 Å². The molecule has 0 aliphatic carbocycles. The molecule has 10 heteroatoms. The van der Waals surface area contributed by atoms with Crippen LogP contribution in [0.3, 0.4) is 0 Å². The smallest absolute Gasteiger partial charge is 0.475 e. The summed E-state index contributed by atoms with van der Waals surface area (Å²) >= 11 is 0. The molecule has 2 N–H and O–H groups in total. The number of aromatic nitrogens is 2. The van der Waals surface area contributed by atoms with E-state index in [1.165, 1.54) is 16.2 Å².